The number of likely N-dealkylation sites (tertiary alicyclic amines) is 1. The monoisotopic (exact) mass is 483 g/mol. The fourth-order valence-electron chi connectivity index (χ4n) is 6.41. The van der Waals surface area contributed by atoms with Crippen molar-refractivity contribution in [2.75, 3.05) is 6.54 Å². The predicted molar refractivity (Wildman–Crippen MR) is 133 cm³/mol. The number of carbonyl (C=O) groups is 3. The molecule has 192 valence electrons. The Morgan fingerprint density at radius 3 is 2.37 bits per heavy atom. The lowest BCUT2D eigenvalue weighted by atomic mass is 9.82. The number of carbonyl (C=O) groups excluding carboxylic acids is 3. The molecule has 35 heavy (non-hydrogen) atoms. The first kappa shape index (κ1) is 25.6. The second-order valence-electron chi connectivity index (χ2n) is 11.8. The van der Waals surface area contributed by atoms with Gasteiger partial charge in [-0.05, 0) is 55.8 Å². The van der Waals surface area contributed by atoms with E-state index >= 15 is 0 Å². The van der Waals surface area contributed by atoms with Crippen LogP contribution < -0.4 is 10.6 Å². The van der Waals surface area contributed by atoms with Gasteiger partial charge in [-0.15, -0.1) is 0 Å². The lowest BCUT2D eigenvalue weighted by molar-refractivity contribution is -0.141. The maximum absolute atomic E-state index is 13.8. The van der Waals surface area contributed by atoms with Gasteiger partial charge in [-0.3, -0.25) is 19.4 Å². The molecule has 1 aromatic rings. The topological polar surface area (TPSA) is 104 Å². The summed E-state index contributed by atoms with van der Waals surface area (Å²) in [5.41, 5.74) is -0.280. The Morgan fingerprint density at radius 2 is 1.74 bits per heavy atom. The minimum atomic E-state index is -0.710. The molecule has 3 aliphatic rings. The van der Waals surface area contributed by atoms with E-state index in [1.54, 1.807) is 0 Å². The van der Waals surface area contributed by atoms with Crippen LogP contribution >= 0.6 is 0 Å². The molecule has 8 heteroatoms. The molecule has 5 atom stereocenters. The van der Waals surface area contributed by atoms with Crippen LogP contribution in [0.3, 0.4) is 0 Å². The summed E-state index contributed by atoms with van der Waals surface area (Å²) in [5.74, 6) is 0.474. The van der Waals surface area contributed by atoms with E-state index in [1.165, 1.54) is 37.9 Å². The number of hydrogen-bond acceptors (Lipinski definition) is 5. The van der Waals surface area contributed by atoms with Gasteiger partial charge in [0.1, 0.15) is 17.8 Å². The lowest BCUT2D eigenvalue weighted by Gasteiger charge is -2.37. The summed E-state index contributed by atoms with van der Waals surface area (Å²) in [6.07, 6.45) is 12.9. The Kier molecular flexibility index (Phi) is 7.77. The zero-order chi connectivity index (χ0) is 25.2. The summed E-state index contributed by atoms with van der Waals surface area (Å²) in [4.78, 5) is 50.5. The molecule has 1 aromatic heterocycles. The number of nitrogens with zero attached hydrogens (tertiary/aromatic N) is 3. The summed E-state index contributed by atoms with van der Waals surface area (Å²) in [6, 6.07) is -1.17. The Labute approximate surface area is 209 Å². The lowest BCUT2D eigenvalue weighted by Crippen LogP contribution is -2.60. The van der Waals surface area contributed by atoms with Gasteiger partial charge in [0, 0.05) is 25.0 Å². The van der Waals surface area contributed by atoms with Crippen molar-refractivity contribution in [2.24, 2.45) is 23.2 Å². The number of amides is 3. The number of aromatic nitrogens is 2. The van der Waals surface area contributed by atoms with E-state index in [2.05, 4.69) is 27.5 Å². The Hall–Kier alpha value is -2.51. The minimum absolute atomic E-state index is 0.00426. The molecule has 0 spiro atoms. The largest absolute Gasteiger partial charge is 0.342 e. The van der Waals surface area contributed by atoms with E-state index in [1.807, 2.05) is 25.7 Å². The molecule has 4 rings (SSSR count). The molecule has 2 heterocycles. The quantitative estimate of drug-likeness (QED) is 0.646. The fraction of sp³-hybridized carbons (Fsp3) is 0.741. The van der Waals surface area contributed by atoms with Crippen molar-refractivity contribution in [3.63, 3.8) is 0 Å². The second-order valence-corrected chi connectivity index (χ2v) is 11.8. The molecule has 2 unspecified atom stereocenters. The van der Waals surface area contributed by atoms with Gasteiger partial charge < -0.3 is 15.5 Å². The Morgan fingerprint density at radius 1 is 1.00 bits per heavy atom. The Bertz CT molecular complexity index is 909. The van der Waals surface area contributed by atoms with Gasteiger partial charge in [0.2, 0.25) is 11.8 Å². The van der Waals surface area contributed by atoms with Crippen molar-refractivity contribution in [3.05, 3.63) is 24.3 Å². The summed E-state index contributed by atoms with van der Waals surface area (Å²) in [7, 11) is 0. The third-order valence-corrected chi connectivity index (χ3v) is 8.43. The molecule has 3 fully saturated rings. The highest BCUT2D eigenvalue weighted by Crippen LogP contribution is 2.42. The average molecular weight is 484 g/mol. The molecule has 1 aliphatic heterocycles. The molecule has 0 aromatic carbocycles. The van der Waals surface area contributed by atoms with Gasteiger partial charge in [0.05, 0.1) is 6.20 Å². The van der Waals surface area contributed by atoms with Crippen LogP contribution in [0.2, 0.25) is 0 Å². The summed E-state index contributed by atoms with van der Waals surface area (Å²) in [5, 5.41) is 6.02. The van der Waals surface area contributed by atoms with E-state index in [0.717, 1.165) is 38.6 Å². The standard InChI is InChI=1S/C27H41N5O3/c1-17-20-12-8-11-19(20)16-32(17)26(35)23(27(2,3)4)31-25(34)22(18-9-6-5-7-10-18)30-24(33)21-15-28-13-14-29-21/h13-15,17-20,22-23H,5-12,16H2,1-4H3,(H,30,33)(H,31,34)/t17?,19-,20+,22-,23?/m0/s1. The van der Waals surface area contributed by atoms with Crippen LogP contribution in [0.25, 0.3) is 0 Å². The molecule has 3 amide bonds. The smallest absolute Gasteiger partial charge is 0.272 e. The van der Waals surface area contributed by atoms with Crippen LogP contribution in [0, 0.1) is 23.2 Å². The first-order valence-corrected chi connectivity index (χ1v) is 13.3. The molecular formula is C27H41N5O3. The second kappa shape index (κ2) is 10.6. The number of nitrogens with one attached hydrogen (secondary N) is 2. The van der Waals surface area contributed by atoms with Crippen molar-refractivity contribution in [3.8, 4) is 0 Å². The fourth-order valence-corrected chi connectivity index (χ4v) is 6.41. The SMILES string of the molecule is CC1[C@H]2CCC[C@H]2CN1C(=O)C(NC(=O)[C@@H](NC(=O)c1cnccn1)C1CCCCC1)C(C)(C)C. The van der Waals surface area contributed by atoms with Crippen LogP contribution in [0.1, 0.15) is 89.5 Å². The highest BCUT2D eigenvalue weighted by molar-refractivity contribution is 5.97. The molecule has 1 saturated heterocycles. The normalized spacial score (nSPS) is 26.6. The first-order valence-electron chi connectivity index (χ1n) is 13.3. The summed E-state index contributed by atoms with van der Waals surface area (Å²) >= 11 is 0. The minimum Gasteiger partial charge on any atom is -0.342 e. The molecule has 2 aliphatic carbocycles. The van der Waals surface area contributed by atoms with E-state index in [-0.39, 0.29) is 29.5 Å². The van der Waals surface area contributed by atoms with Crippen LogP contribution in [-0.4, -0.2) is 57.3 Å². The average Bonchev–Trinajstić information content (AvgIpc) is 3.43. The van der Waals surface area contributed by atoms with Crippen molar-refractivity contribution >= 4 is 17.7 Å². The van der Waals surface area contributed by atoms with Crippen LogP contribution in [0.15, 0.2) is 18.6 Å². The molecule has 2 N–H and O–H groups in total. The van der Waals surface area contributed by atoms with Gasteiger partial charge in [-0.2, -0.15) is 0 Å². The van der Waals surface area contributed by atoms with Gasteiger partial charge in [-0.1, -0.05) is 46.5 Å². The van der Waals surface area contributed by atoms with E-state index in [0.29, 0.717) is 11.8 Å². The van der Waals surface area contributed by atoms with E-state index in [9.17, 15) is 14.4 Å². The molecule has 2 saturated carbocycles. The molecule has 0 bridgehead atoms. The first-order chi connectivity index (χ1) is 16.7. The Balaban J connectivity index is 1.52. The van der Waals surface area contributed by atoms with Crippen LogP contribution in [0.4, 0.5) is 0 Å². The molecular weight excluding hydrogens is 442 g/mol. The van der Waals surface area contributed by atoms with Crippen molar-refractivity contribution in [1.29, 1.82) is 0 Å². The van der Waals surface area contributed by atoms with Crippen molar-refractivity contribution in [1.82, 2.24) is 25.5 Å². The molecule has 8 nitrogen and oxygen atoms in total. The highest BCUT2D eigenvalue weighted by Gasteiger charge is 2.47. The van der Waals surface area contributed by atoms with Crippen molar-refractivity contribution in [2.45, 2.75) is 97.2 Å². The predicted octanol–water partition coefficient (Wildman–Crippen LogP) is 3.33. The van der Waals surface area contributed by atoms with Gasteiger partial charge in [0.15, 0.2) is 0 Å². The van der Waals surface area contributed by atoms with Gasteiger partial charge in [-0.25, -0.2) is 4.98 Å². The molecule has 0 radical (unpaired) electrons. The third-order valence-electron chi connectivity index (χ3n) is 8.43. The zero-order valence-electron chi connectivity index (χ0n) is 21.6. The zero-order valence-corrected chi connectivity index (χ0v) is 21.6. The van der Waals surface area contributed by atoms with Crippen molar-refractivity contribution < 1.29 is 14.4 Å². The number of hydrogen-bond donors (Lipinski definition) is 2. The van der Waals surface area contributed by atoms with E-state index in [4.69, 9.17) is 0 Å². The maximum atomic E-state index is 13.8. The highest BCUT2D eigenvalue weighted by atomic mass is 16.2. The van der Waals surface area contributed by atoms with Crippen LogP contribution in [0.5, 0.6) is 0 Å². The van der Waals surface area contributed by atoms with E-state index < -0.39 is 23.4 Å². The maximum Gasteiger partial charge on any atom is 0.272 e. The summed E-state index contributed by atoms with van der Waals surface area (Å²) in [6.45, 7) is 8.91. The van der Waals surface area contributed by atoms with Gasteiger partial charge >= 0.3 is 0 Å². The third kappa shape index (κ3) is 5.67. The van der Waals surface area contributed by atoms with Crippen LogP contribution in [-0.2, 0) is 9.59 Å². The number of fused-ring (bicyclic) bond motifs is 1. The van der Waals surface area contributed by atoms with Gasteiger partial charge in [0.25, 0.3) is 5.91 Å². The summed E-state index contributed by atoms with van der Waals surface area (Å²) < 4.78 is 0. The number of rotatable bonds is 6.